The van der Waals surface area contributed by atoms with Crippen molar-refractivity contribution in [3.8, 4) is 11.4 Å². The first-order chi connectivity index (χ1) is 9.82. The van der Waals surface area contributed by atoms with Crippen molar-refractivity contribution < 1.29 is 4.74 Å². The number of methoxy groups -OCH3 is 1. The Kier molecular flexibility index (Phi) is 4.83. The van der Waals surface area contributed by atoms with Crippen LogP contribution in [0.2, 0.25) is 0 Å². The predicted molar refractivity (Wildman–Crippen MR) is 92.4 cm³/mol. The molecule has 0 radical (unpaired) electrons. The van der Waals surface area contributed by atoms with Crippen molar-refractivity contribution in [2.24, 2.45) is 0 Å². The first-order valence-corrected chi connectivity index (χ1v) is 7.79. The molecule has 5 heteroatoms. The van der Waals surface area contributed by atoms with E-state index in [1.54, 1.807) is 7.11 Å². The van der Waals surface area contributed by atoms with E-state index in [0.717, 1.165) is 16.8 Å². The van der Waals surface area contributed by atoms with Crippen molar-refractivity contribution >= 4 is 22.6 Å². The summed E-state index contributed by atoms with van der Waals surface area (Å²) in [5.74, 6) is 0.600. The SMILES string of the molecule is COCc1cccc(-c2nc(C(C)(C)C)c(I)c(=O)[nH]2)c1. The molecule has 0 saturated carbocycles. The second kappa shape index (κ2) is 6.27. The third-order valence-electron chi connectivity index (χ3n) is 3.08. The maximum atomic E-state index is 12.2. The monoisotopic (exact) mass is 398 g/mol. The molecule has 0 fully saturated rings. The van der Waals surface area contributed by atoms with Gasteiger partial charge in [-0.1, -0.05) is 39.0 Å². The van der Waals surface area contributed by atoms with E-state index in [9.17, 15) is 4.79 Å². The molecule has 0 aliphatic rings. The van der Waals surface area contributed by atoms with E-state index < -0.39 is 0 Å². The number of H-pyrrole nitrogens is 1. The van der Waals surface area contributed by atoms with Crippen LogP contribution < -0.4 is 5.56 Å². The Hall–Kier alpha value is -1.21. The van der Waals surface area contributed by atoms with Crippen LogP contribution in [0.15, 0.2) is 29.1 Å². The third kappa shape index (κ3) is 3.71. The van der Waals surface area contributed by atoms with Crippen LogP contribution >= 0.6 is 22.6 Å². The number of hydrogen-bond acceptors (Lipinski definition) is 3. The minimum absolute atomic E-state index is 0.0948. The van der Waals surface area contributed by atoms with Gasteiger partial charge in [0.25, 0.3) is 5.56 Å². The third-order valence-corrected chi connectivity index (χ3v) is 4.09. The first kappa shape index (κ1) is 16.2. The van der Waals surface area contributed by atoms with Crippen LogP contribution in [0.5, 0.6) is 0 Å². The highest BCUT2D eigenvalue weighted by Crippen LogP contribution is 2.25. The van der Waals surface area contributed by atoms with E-state index in [1.165, 1.54) is 0 Å². The Bertz CT molecular complexity index is 702. The highest BCUT2D eigenvalue weighted by molar-refractivity contribution is 14.1. The summed E-state index contributed by atoms with van der Waals surface area (Å²) in [5.41, 5.74) is 2.49. The molecular weight excluding hydrogens is 379 g/mol. The number of hydrogen-bond donors (Lipinski definition) is 1. The number of aromatic amines is 1. The fourth-order valence-electron chi connectivity index (χ4n) is 2.07. The summed E-state index contributed by atoms with van der Waals surface area (Å²) < 4.78 is 5.80. The van der Waals surface area contributed by atoms with Crippen LogP contribution in [0.25, 0.3) is 11.4 Å². The molecule has 4 nitrogen and oxygen atoms in total. The van der Waals surface area contributed by atoms with Crippen molar-refractivity contribution in [2.75, 3.05) is 7.11 Å². The minimum atomic E-state index is -0.177. The quantitative estimate of drug-likeness (QED) is 0.806. The first-order valence-electron chi connectivity index (χ1n) is 6.71. The molecule has 0 unspecified atom stereocenters. The molecule has 0 saturated heterocycles. The van der Waals surface area contributed by atoms with Crippen molar-refractivity contribution in [3.05, 3.63) is 49.4 Å². The van der Waals surface area contributed by atoms with E-state index in [0.29, 0.717) is 16.0 Å². The molecule has 0 aliphatic heterocycles. The molecular formula is C16H19IN2O2. The van der Waals surface area contributed by atoms with Crippen LogP contribution in [0.1, 0.15) is 32.0 Å². The van der Waals surface area contributed by atoms with E-state index in [2.05, 4.69) is 53.3 Å². The summed E-state index contributed by atoms with van der Waals surface area (Å²) in [5, 5.41) is 0. The largest absolute Gasteiger partial charge is 0.380 e. The number of halogens is 1. The Labute approximate surface area is 138 Å². The van der Waals surface area contributed by atoms with Gasteiger partial charge in [0, 0.05) is 18.1 Å². The lowest BCUT2D eigenvalue weighted by molar-refractivity contribution is 0.185. The van der Waals surface area contributed by atoms with Gasteiger partial charge in [0.2, 0.25) is 0 Å². The molecule has 0 aliphatic carbocycles. The molecule has 1 aromatic heterocycles. The fourth-order valence-corrected chi connectivity index (χ4v) is 3.13. The molecule has 2 rings (SSSR count). The second-order valence-electron chi connectivity index (χ2n) is 5.96. The molecule has 0 atom stereocenters. The Morgan fingerprint density at radius 1 is 1.33 bits per heavy atom. The Morgan fingerprint density at radius 2 is 2.05 bits per heavy atom. The lowest BCUT2D eigenvalue weighted by atomic mass is 9.92. The molecule has 0 amide bonds. The zero-order chi connectivity index (χ0) is 15.6. The zero-order valence-electron chi connectivity index (χ0n) is 12.7. The number of ether oxygens (including phenoxy) is 1. The van der Waals surface area contributed by atoms with Gasteiger partial charge in [-0.05, 0) is 34.2 Å². The molecule has 112 valence electrons. The van der Waals surface area contributed by atoms with Crippen LogP contribution in [-0.4, -0.2) is 17.1 Å². The van der Waals surface area contributed by atoms with Gasteiger partial charge in [0.1, 0.15) is 9.39 Å². The molecule has 0 spiro atoms. The molecule has 2 aromatic rings. The summed E-state index contributed by atoms with van der Waals surface area (Å²) >= 11 is 2.06. The van der Waals surface area contributed by atoms with Crippen LogP contribution in [0.3, 0.4) is 0 Å². The summed E-state index contributed by atoms with van der Waals surface area (Å²) in [6, 6.07) is 7.86. The van der Waals surface area contributed by atoms with E-state index in [4.69, 9.17) is 4.74 Å². The Morgan fingerprint density at radius 3 is 2.67 bits per heavy atom. The van der Waals surface area contributed by atoms with Crippen molar-refractivity contribution in [2.45, 2.75) is 32.8 Å². The highest BCUT2D eigenvalue weighted by Gasteiger charge is 2.22. The highest BCUT2D eigenvalue weighted by atomic mass is 127. The van der Waals surface area contributed by atoms with Crippen molar-refractivity contribution in [1.29, 1.82) is 0 Å². The average Bonchev–Trinajstić information content (AvgIpc) is 2.41. The van der Waals surface area contributed by atoms with Crippen LogP contribution in [-0.2, 0) is 16.8 Å². The predicted octanol–water partition coefficient (Wildman–Crippen LogP) is 3.49. The van der Waals surface area contributed by atoms with Crippen molar-refractivity contribution in [3.63, 3.8) is 0 Å². The normalized spacial score (nSPS) is 11.7. The lowest BCUT2D eigenvalue weighted by Gasteiger charge is -2.19. The molecule has 1 aromatic carbocycles. The van der Waals surface area contributed by atoms with E-state index in [-0.39, 0.29) is 11.0 Å². The maximum absolute atomic E-state index is 12.2. The number of nitrogens with zero attached hydrogens (tertiary/aromatic N) is 1. The van der Waals surface area contributed by atoms with Gasteiger partial charge in [-0.25, -0.2) is 4.98 Å². The van der Waals surface area contributed by atoms with Crippen LogP contribution in [0.4, 0.5) is 0 Å². The maximum Gasteiger partial charge on any atom is 0.264 e. The molecule has 21 heavy (non-hydrogen) atoms. The van der Waals surface area contributed by atoms with E-state index >= 15 is 0 Å². The lowest BCUT2D eigenvalue weighted by Crippen LogP contribution is -2.24. The topological polar surface area (TPSA) is 55.0 Å². The number of rotatable bonds is 3. The summed E-state index contributed by atoms with van der Waals surface area (Å²) in [7, 11) is 1.66. The molecule has 1 heterocycles. The minimum Gasteiger partial charge on any atom is -0.380 e. The van der Waals surface area contributed by atoms with Gasteiger partial charge in [-0.3, -0.25) is 4.79 Å². The number of benzene rings is 1. The fraction of sp³-hybridized carbons (Fsp3) is 0.375. The van der Waals surface area contributed by atoms with Gasteiger partial charge < -0.3 is 9.72 Å². The number of nitrogens with one attached hydrogen (secondary N) is 1. The summed E-state index contributed by atoms with van der Waals surface area (Å²) in [4.78, 5) is 19.7. The van der Waals surface area contributed by atoms with Gasteiger partial charge >= 0.3 is 0 Å². The standard InChI is InChI=1S/C16H19IN2O2/c1-16(2,3)13-12(17)15(20)19-14(18-13)11-7-5-6-10(8-11)9-21-4/h5-8H,9H2,1-4H3,(H,18,19,20). The Balaban J connectivity index is 2.57. The number of aromatic nitrogens is 2. The molecule has 0 bridgehead atoms. The summed E-state index contributed by atoms with van der Waals surface area (Å²) in [6.45, 7) is 6.71. The molecule has 1 N–H and O–H groups in total. The van der Waals surface area contributed by atoms with Gasteiger partial charge in [-0.2, -0.15) is 0 Å². The van der Waals surface area contributed by atoms with Crippen LogP contribution in [0, 0.1) is 3.57 Å². The van der Waals surface area contributed by atoms with Gasteiger partial charge in [0.05, 0.1) is 12.3 Å². The van der Waals surface area contributed by atoms with Gasteiger partial charge in [-0.15, -0.1) is 0 Å². The second-order valence-corrected chi connectivity index (χ2v) is 7.04. The van der Waals surface area contributed by atoms with E-state index in [1.807, 2.05) is 24.3 Å². The summed E-state index contributed by atoms with van der Waals surface area (Å²) in [6.07, 6.45) is 0. The average molecular weight is 398 g/mol. The van der Waals surface area contributed by atoms with Gasteiger partial charge in [0.15, 0.2) is 0 Å². The zero-order valence-corrected chi connectivity index (χ0v) is 14.8. The van der Waals surface area contributed by atoms with Crippen molar-refractivity contribution in [1.82, 2.24) is 9.97 Å². The smallest absolute Gasteiger partial charge is 0.264 e.